The maximum Gasteiger partial charge on any atom is 0.154 e. The Labute approximate surface area is 124 Å². The van der Waals surface area contributed by atoms with E-state index in [0.29, 0.717) is 18.8 Å². The van der Waals surface area contributed by atoms with Crippen LogP contribution in [0.25, 0.3) is 0 Å². The van der Waals surface area contributed by atoms with Crippen LogP contribution >= 0.6 is 0 Å². The van der Waals surface area contributed by atoms with Crippen LogP contribution in [-0.2, 0) is 9.84 Å². The highest BCUT2D eigenvalue weighted by atomic mass is 32.2. The first-order valence-corrected chi connectivity index (χ1v) is 9.61. The van der Waals surface area contributed by atoms with Crippen molar-refractivity contribution in [1.29, 1.82) is 5.26 Å². The zero-order valence-corrected chi connectivity index (χ0v) is 14.2. The standard InChI is InChI=1S/C16H29NO2S/c1-5-7-10-20(18,19)15-11-14(16(3,4)6-2)9-8-13(15)12-17/h13-15H,5-11H2,1-4H3. The van der Waals surface area contributed by atoms with Gasteiger partial charge < -0.3 is 0 Å². The lowest BCUT2D eigenvalue weighted by atomic mass is 9.67. The van der Waals surface area contributed by atoms with Gasteiger partial charge in [0, 0.05) is 0 Å². The van der Waals surface area contributed by atoms with E-state index >= 15 is 0 Å². The predicted octanol–water partition coefficient (Wildman–Crippen LogP) is 3.95. The molecule has 1 aliphatic carbocycles. The Balaban J connectivity index is 2.92. The van der Waals surface area contributed by atoms with Gasteiger partial charge in [0.2, 0.25) is 0 Å². The van der Waals surface area contributed by atoms with E-state index in [2.05, 4.69) is 26.8 Å². The average Bonchev–Trinajstić information content (AvgIpc) is 2.44. The number of nitrogens with zero attached hydrogens (tertiary/aromatic N) is 1. The van der Waals surface area contributed by atoms with Crippen molar-refractivity contribution < 1.29 is 8.42 Å². The van der Waals surface area contributed by atoms with Gasteiger partial charge in [0.15, 0.2) is 9.84 Å². The summed E-state index contributed by atoms with van der Waals surface area (Å²) in [6, 6.07) is 2.25. The Kier molecular flexibility index (Phi) is 6.06. The molecule has 0 bridgehead atoms. The van der Waals surface area contributed by atoms with Gasteiger partial charge in [-0.05, 0) is 37.0 Å². The minimum atomic E-state index is -3.13. The quantitative estimate of drug-likeness (QED) is 0.746. The highest BCUT2D eigenvalue weighted by Gasteiger charge is 2.42. The molecular weight excluding hydrogens is 270 g/mol. The molecule has 20 heavy (non-hydrogen) atoms. The summed E-state index contributed by atoms with van der Waals surface area (Å²) in [5.74, 6) is 0.352. The lowest BCUT2D eigenvalue weighted by Crippen LogP contribution is -2.40. The molecule has 4 heteroatoms. The van der Waals surface area contributed by atoms with E-state index in [9.17, 15) is 13.7 Å². The Hall–Kier alpha value is -0.560. The summed E-state index contributed by atoms with van der Waals surface area (Å²) < 4.78 is 25.0. The second kappa shape index (κ2) is 6.93. The lowest BCUT2D eigenvalue weighted by Gasteiger charge is -2.41. The van der Waals surface area contributed by atoms with Crippen molar-refractivity contribution in [3.63, 3.8) is 0 Å². The molecule has 0 heterocycles. The van der Waals surface area contributed by atoms with Gasteiger partial charge in [-0.2, -0.15) is 5.26 Å². The number of rotatable bonds is 6. The van der Waals surface area contributed by atoms with Gasteiger partial charge >= 0.3 is 0 Å². The number of hydrogen-bond donors (Lipinski definition) is 0. The number of nitriles is 1. The van der Waals surface area contributed by atoms with E-state index in [-0.39, 0.29) is 17.1 Å². The molecule has 0 aromatic heterocycles. The van der Waals surface area contributed by atoms with E-state index in [1.807, 2.05) is 6.92 Å². The molecule has 0 aromatic carbocycles. The Morgan fingerprint density at radius 1 is 1.25 bits per heavy atom. The van der Waals surface area contributed by atoms with E-state index < -0.39 is 15.1 Å². The lowest BCUT2D eigenvalue weighted by molar-refractivity contribution is 0.142. The van der Waals surface area contributed by atoms with Gasteiger partial charge in [0.05, 0.1) is 23.0 Å². The van der Waals surface area contributed by atoms with Crippen LogP contribution in [0, 0.1) is 28.6 Å². The Morgan fingerprint density at radius 3 is 2.40 bits per heavy atom. The van der Waals surface area contributed by atoms with Gasteiger partial charge in [0.25, 0.3) is 0 Å². The molecule has 116 valence electrons. The first kappa shape index (κ1) is 17.5. The van der Waals surface area contributed by atoms with Crippen molar-refractivity contribution in [1.82, 2.24) is 0 Å². The largest absolute Gasteiger partial charge is 0.229 e. The summed E-state index contributed by atoms with van der Waals surface area (Å²) in [5, 5.41) is 8.84. The molecule has 0 aliphatic heterocycles. The van der Waals surface area contributed by atoms with E-state index in [0.717, 1.165) is 25.7 Å². The maximum absolute atomic E-state index is 12.5. The predicted molar refractivity (Wildman–Crippen MR) is 83.0 cm³/mol. The van der Waals surface area contributed by atoms with Gasteiger partial charge in [-0.25, -0.2) is 8.42 Å². The van der Waals surface area contributed by atoms with Crippen LogP contribution in [0.5, 0.6) is 0 Å². The first-order valence-electron chi connectivity index (χ1n) is 7.89. The molecule has 0 spiro atoms. The molecule has 3 atom stereocenters. The molecule has 0 aromatic rings. The third-order valence-electron chi connectivity index (χ3n) is 5.22. The zero-order chi connectivity index (χ0) is 15.4. The summed E-state index contributed by atoms with van der Waals surface area (Å²) >= 11 is 0. The van der Waals surface area contributed by atoms with E-state index in [1.54, 1.807) is 0 Å². The van der Waals surface area contributed by atoms with Crippen molar-refractivity contribution in [3.05, 3.63) is 0 Å². The third-order valence-corrected chi connectivity index (χ3v) is 7.52. The summed E-state index contributed by atoms with van der Waals surface area (Å²) in [7, 11) is -3.13. The molecule has 1 rings (SSSR count). The van der Waals surface area contributed by atoms with E-state index in [1.165, 1.54) is 0 Å². The van der Waals surface area contributed by atoms with Crippen LogP contribution in [0.15, 0.2) is 0 Å². The monoisotopic (exact) mass is 299 g/mol. The van der Waals surface area contributed by atoms with Crippen molar-refractivity contribution >= 4 is 9.84 Å². The second-order valence-electron chi connectivity index (χ2n) is 6.85. The summed E-state index contributed by atoms with van der Waals surface area (Å²) in [6.45, 7) is 8.61. The fourth-order valence-corrected chi connectivity index (χ4v) is 5.39. The highest BCUT2D eigenvalue weighted by molar-refractivity contribution is 7.92. The van der Waals surface area contributed by atoms with E-state index in [4.69, 9.17) is 0 Å². The van der Waals surface area contributed by atoms with Gasteiger partial charge in [-0.3, -0.25) is 0 Å². The highest BCUT2D eigenvalue weighted by Crippen LogP contribution is 2.44. The van der Waals surface area contributed by atoms with Crippen molar-refractivity contribution in [2.75, 3.05) is 5.75 Å². The second-order valence-corrected chi connectivity index (χ2v) is 9.19. The molecular formula is C16H29NO2S. The van der Waals surface area contributed by atoms with Gasteiger partial charge in [-0.1, -0.05) is 40.5 Å². The van der Waals surface area contributed by atoms with Crippen LogP contribution in [0.1, 0.15) is 66.2 Å². The van der Waals surface area contributed by atoms with Crippen molar-refractivity contribution in [2.45, 2.75) is 71.5 Å². The fourth-order valence-electron chi connectivity index (χ4n) is 3.17. The molecule has 0 N–H and O–H groups in total. The summed E-state index contributed by atoms with van der Waals surface area (Å²) in [6.07, 6.45) is 5.03. The molecule has 3 unspecified atom stereocenters. The van der Waals surface area contributed by atoms with Crippen LogP contribution in [0.4, 0.5) is 0 Å². The average molecular weight is 299 g/mol. The molecule has 1 aliphatic rings. The van der Waals surface area contributed by atoms with Crippen LogP contribution in [-0.4, -0.2) is 19.4 Å². The van der Waals surface area contributed by atoms with Crippen LogP contribution in [0.3, 0.4) is 0 Å². The smallest absolute Gasteiger partial charge is 0.154 e. The number of sulfone groups is 1. The molecule has 1 saturated carbocycles. The Morgan fingerprint density at radius 2 is 1.90 bits per heavy atom. The van der Waals surface area contributed by atoms with Crippen LogP contribution in [0.2, 0.25) is 0 Å². The number of hydrogen-bond acceptors (Lipinski definition) is 3. The molecule has 3 nitrogen and oxygen atoms in total. The zero-order valence-electron chi connectivity index (χ0n) is 13.4. The van der Waals surface area contributed by atoms with Crippen molar-refractivity contribution in [2.24, 2.45) is 17.3 Å². The molecule has 0 radical (unpaired) electrons. The van der Waals surface area contributed by atoms with Crippen LogP contribution < -0.4 is 0 Å². The number of unbranched alkanes of at least 4 members (excludes halogenated alkanes) is 1. The Bertz CT molecular complexity index is 448. The molecule has 0 amide bonds. The SMILES string of the molecule is CCCCS(=O)(=O)C1CC(C(C)(C)CC)CCC1C#N. The first-order chi connectivity index (χ1) is 9.28. The minimum absolute atomic E-state index is 0.166. The molecule has 1 fully saturated rings. The molecule has 0 saturated heterocycles. The maximum atomic E-state index is 12.5. The minimum Gasteiger partial charge on any atom is -0.229 e. The summed E-state index contributed by atoms with van der Waals surface area (Å²) in [5.41, 5.74) is 0.166. The summed E-state index contributed by atoms with van der Waals surface area (Å²) in [4.78, 5) is 0. The fraction of sp³-hybridized carbons (Fsp3) is 0.938. The van der Waals surface area contributed by atoms with Gasteiger partial charge in [0.1, 0.15) is 0 Å². The van der Waals surface area contributed by atoms with Crippen molar-refractivity contribution in [3.8, 4) is 6.07 Å². The van der Waals surface area contributed by atoms with Gasteiger partial charge in [-0.15, -0.1) is 0 Å². The topological polar surface area (TPSA) is 57.9 Å². The normalized spacial score (nSPS) is 28.1. The third kappa shape index (κ3) is 3.97.